The van der Waals surface area contributed by atoms with Crippen LogP contribution in [0.15, 0.2) is 30.3 Å². The zero-order chi connectivity index (χ0) is 18.5. The zero-order valence-corrected chi connectivity index (χ0v) is 14.8. The normalized spacial score (nSPS) is 26.7. The van der Waals surface area contributed by atoms with E-state index in [4.69, 9.17) is 9.47 Å². The van der Waals surface area contributed by atoms with Crippen LogP contribution in [0, 0.1) is 11.8 Å². The lowest BCUT2D eigenvalue weighted by atomic mass is 9.76. The van der Waals surface area contributed by atoms with E-state index in [1.165, 1.54) is 7.11 Å². The third-order valence-corrected chi connectivity index (χ3v) is 5.23. The number of ether oxygens (including phenoxy) is 2. The van der Waals surface area contributed by atoms with E-state index in [0.29, 0.717) is 6.42 Å². The molecule has 0 aliphatic heterocycles. The lowest BCUT2D eigenvalue weighted by Crippen LogP contribution is -2.57. The number of alkyl carbamates (subject to hydrolysis) is 1. The van der Waals surface area contributed by atoms with Gasteiger partial charge in [-0.15, -0.1) is 0 Å². The van der Waals surface area contributed by atoms with E-state index in [9.17, 15) is 14.4 Å². The first-order chi connectivity index (χ1) is 12.6. The Morgan fingerprint density at radius 2 is 1.62 bits per heavy atom. The quantitative estimate of drug-likeness (QED) is 0.754. The fraction of sp³-hybridized carbons (Fsp3) is 0.526. The van der Waals surface area contributed by atoms with Gasteiger partial charge in [0, 0.05) is 12.1 Å². The van der Waals surface area contributed by atoms with Crippen molar-refractivity contribution in [2.45, 2.75) is 44.4 Å². The maximum absolute atomic E-state index is 12.4. The molecular weight excluding hydrogens is 336 g/mol. The predicted molar refractivity (Wildman–Crippen MR) is 92.9 cm³/mol. The van der Waals surface area contributed by atoms with Gasteiger partial charge in [0.25, 0.3) is 0 Å². The smallest absolute Gasteiger partial charge is 0.407 e. The van der Waals surface area contributed by atoms with Gasteiger partial charge >= 0.3 is 12.1 Å². The summed E-state index contributed by atoms with van der Waals surface area (Å²) < 4.78 is 9.94. The molecule has 2 amide bonds. The highest BCUT2D eigenvalue weighted by Crippen LogP contribution is 2.32. The van der Waals surface area contributed by atoms with Gasteiger partial charge in [-0.1, -0.05) is 30.3 Å². The summed E-state index contributed by atoms with van der Waals surface area (Å²) in [5.74, 6) is -0.943. The van der Waals surface area contributed by atoms with Gasteiger partial charge in [-0.3, -0.25) is 9.59 Å². The van der Waals surface area contributed by atoms with Crippen LogP contribution in [0.2, 0.25) is 0 Å². The average Bonchev–Trinajstić information content (AvgIpc) is 2.61. The van der Waals surface area contributed by atoms with Crippen molar-refractivity contribution in [3.8, 4) is 0 Å². The van der Waals surface area contributed by atoms with Crippen LogP contribution >= 0.6 is 0 Å². The van der Waals surface area contributed by atoms with Crippen molar-refractivity contribution in [2.24, 2.45) is 11.8 Å². The molecule has 7 heteroatoms. The Labute approximate surface area is 152 Å². The molecule has 0 aromatic heterocycles. The van der Waals surface area contributed by atoms with E-state index in [1.54, 1.807) is 0 Å². The molecule has 3 rings (SSSR count). The van der Waals surface area contributed by atoms with E-state index in [1.807, 2.05) is 30.3 Å². The van der Waals surface area contributed by atoms with Gasteiger partial charge < -0.3 is 20.1 Å². The second kappa shape index (κ2) is 8.21. The Morgan fingerprint density at radius 1 is 0.962 bits per heavy atom. The summed E-state index contributed by atoms with van der Waals surface area (Å²) in [6.45, 7) is 0.194. The maximum atomic E-state index is 12.4. The number of hydrogen-bond donors (Lipinski definition) is 2. The van der Waals surface area contributed by atoms with Crippen molar-refractivity contribution in [3.63, 3.8) is 0 Å². The van der Waals surface area contributed by atoms with Crippen LogP contribution in [0.5, 0.6) is 0 Å². The fourth-order valence-electron chi connectivity index (χ4n) is 3.30. The van der Waals surface area contributed by atoms with Crippen LogP contribution in [0.4, 0.5) is 4.79 Å². The summed E-state index contributed by atoms with van der Waals surface area (Å²) in [5.41, 5.74) is 0.907. The van der Waals surface area contributed by atoms with Crippen LogP contribution in [-0.4, -0.2) is 37.2 Å². The Hall–Kier alpha value is -2.57. The van der Waals surface area contributed by atoms with Gasteiger partial charge in [-0.2, -0.15) is 0 Å². The molecule has 0 spiro atoms. The molecule has 0 bridgehead atoms. The molecule has 2 saturated carbocycles. The fourth-order valence-corrected chi connectivity index (χ4v) is 3.30. The molecule has 7 nitrogen and oxygen atoms in total. The highest BCUT2D eigenvalue weighted by Gasteiger charge is 2.43. The number of hydrogen-bond acceptors (Lipinski definition) is 5. The second-order valence-electron chi connectivity index (χ2n) is 6.82. The van der Waals surface area contributed by atoms with E-state index in [-0.39, 0.29) is 42.4 Å². The van der Waals surface area contributed by atoms with Crippen molar-refractivity contribution in [3.05, 3.63) is 35.9 Å². The van der Waals surface area contributed by atoms with Crippen LogP contribution in [-0.2, 0) is 25.7 Å². The Morgan fingerprint density at radius 3 is 2.19 bits per heavy atom. The molecule has 2 fully saturated rings. The minimum atomic E-state index is -0.521. The molecule has 26 heavy (non-hydrogen) atoms. The second-order valence-corrected chi connectivity index (χ2v) is 6.82. The zero-order valence-electron chi connectivity index (χ0n) is 14.8. The average molecular weight is 360 g/mol. The highest BCUT2D eigenvalue weighted by atomic mass is 16.5. The molecule has 0 radical (unpaired) electrons. The van der Waals surface area contributed by atoms with Gasteiger partial charge in [-0.25, -0.2) is 4.79 Å². The van der Waals surface area contributed by atoms with Gasteiger partial charge in [0.15, 0.2) is 0 Å². The minimum Gasteiger partial charge on any atom is -0.469 e. The van der Waals surface area contributed by atoms with Gasteiger partial charge in [0.1, 0.15) is 6.61 Å². The number of carbonyl (C=O) groups is 3. The molecule has 2 N–H and O–H groups in total. The summed E-state index contributed by atoms with van der Waals surface area (Å²) in [7, 11) is 1.35. The van der Waals surface area contributed by atoms with Gasteiger partial charge in [0.2, 0.25) is 5.91 Å². The number of amides is 2. The van der Waals surface area contributed by atoms with Crippen LogP contribution < -0.4 is 10.6 Å². The number of rotatable bonds is 6. The first-order valence-corrected chi connectivity index (χ1v) is 8.94. The molecule has 0 saturated heterocycles. The minimum absolute atomic E-state index is 0.122. The number of methoxy groups -OCH3 is 1. The molecule has 2 aliphatic rings. The Balaban J connectivity index is 1.42. The monoisotopic (exact) mass is 360 g/mol. The molecule has 1 aromatic carbocycles. The van der Waals surface area contributed by atoms with Crippen molar-refractivity contribution in [2.75, 3.05) is 7.11 Å². The first-order valence-electron chi connectivity index (χ1n) is 8.94. The highest BCUT2D eigenvalue weighted by molar-refractivity contribution is 5.83. The first kappa shape index (κ1) is 18.2. The van der Waals surface area contributed by atoms with Crippen LogP contribution in [0.25, 0.3) is 0 Å². The van der Waals surface area contributed by atoms with E-state index >= 15 is 0 Å². The number of carbonyl (C=O) groups excluding carboxylic acids is 3. The number of nitrogens with one attached hydrogen (secondary N) is 2. The number of benzene rings is 1. The van der Waals surface area contributed by atoms with Crippen molar-refractivity contribution in [1.82, 2.24) is 10.6 Å². The molecular formula is C19H24N2O5. The largest absolute Gasteiger partial charge is 0.469 e. The van der Waals surface area contributed by atoms with E-state index in [2.05, 4.69) is 10.6 Å². The molecule has 0 unspecified atom stereocenters. The van der Waals surface area contributed by atoms with Gasteiger partial charge in [0.05, 0.1) is 18.9 Å². The standard InChI is InChI=1S/C19H24N2O5/c1-25-18(23)14-8-10-16(14)20-17(22)13-7-9-15(13)21-19(24)26-11-12-5-3-2-4-6-12/h2-6,13-16H,7-11H2,1H3,(H,20,22)(H,21,24)/t13-,14+,15+,16-/m1/s1. The maximum Gasteiger partial charge on any atom is 0.407 e. The molecule has 0 heterocycles. The SMILES string of the molecule is COC(=O)[C@H]1CC[C@H]1NC(=O)[C@@H]1CC[C@@H]1NC(=O)OCc1ccccc1. The molecule has 4 atom stereocenters. The summed E-state index contributed by atoms with van der Waals surface area (Å²) in [4.78, 5) is 35.9. The van der Waals surface area contributed by atoms with E-state index in [0.717, 1.165) is 24.8 Å². The van der Waals surface area contributed by atoms with Crippen molar-refractivity contribution in [1.29, 1.82) is 0 Å². The van der Waals surface area contributed by atoms with Gasteiger partial charge in [-0.05, 0) is 31.2 Å². The summed E-state index contributed by atoms with van der Waals surface area (Å²) in [6, 6.07) is 9.02. The summed E-state index contributed by atoms with van der Waals surface area (Å²) in [5, 5.41) is 5.67. The predicted octanol–water partition coefficient (Wildman–Crippen LogP) is 1.76. The molecule has 140 valence electrons. The van der Waals surface area contributed by atoms with Crippen molar-refractivity contribution >= 4 is 18.0 Å². The number of esters is 1. The lowest BCUT2D eigenvalue weighted by molar-refractivity contribution is -0.150. The lowest BCUT2D eigenvalue weighted by Gasteiger charge is -2.40. The topological polar surface area (TPSA) is 93.7 Å². The third-order valence-electron chi connectivity index (χ3n) is 5.23. The third kappa shape index (κ3) is 4.15. The summed E-state index contributed by atoms with van der Waals surface area (Å²) >= 11 is 0. The van der Waals surface area contributed by atoms with Crippen molar-refractivity contribution < 1.29 is 23.9 Å². The van der Waals surface area contributed by atoms with Crippen LogP contribution in [0.1, 0.15) is 31.2 Å². The Kier molecular flexibility index (Phi) is 5.75. The Bertz CT molecular complexity index is 663. The summed E-state index contributed by atoms with van der Waals surface area (Å²) in [6.07, 6.45) is 2.44. The molecule has 2 aliphatic carbocycles. The van der Waals surface area contributed by atoms with Crippen LogP contribution in [0.3, 0.4) is 0 Å². The molecule has 1 aromatic rings. The van der Waals surface area contributed by atoms with E-state index < -0.39 is 6.09 Å².